The molecule has 0 aliphatic carbocycles. The van der Waals surface area contributed by atoms with Gasteiger partial charge in [0.15, 0.2) is 11.5 Å². The van der Waals surface area contributed by atoms with Crippen LogP contribution in [-0.4, -0.2) is 21.7 Å². The molecule has 3 rings (SSSR count). The van der Waals surface area contributed by atoms with E-state index in [4.69, 9.17) is 20.9 Å². The zero-order valence-electron chi connectivity index (χ0n) is 10.9. The maximum absolute atomic E-state index is 11.3. The normalized spacial score (nSPS) is 12.0. The van der Waals surface area contributed by atoms with Gasteiger partial charge in [-0.3, -0.25) is 10.1 Å². The third kappa shape index (κ3) is 1.97. The van der Waals surface area contributed by atoms with Gasteiger partial charge in [0.2, 0.25) is 12.7 Å². The van der Waals surface area contributed by atoms with E-state index in [1.54, 1.807) is 0 Å². The Bertz CT molecular complexity index is 844. The quantitative estimate of drug-likeness (QED) is 0.603. The fourth-order valence-electron chi connectivity index (χ4n) is 2.07. The van der Waals surface area contributed by atoms with E-state index < -0.39 is 4.92 Å². The van der Waals surface area contributed by atoms with E-state index in [-0.39, 0.29) is 46.8 Å². The first-order valence-corrected chi connectivity index (χ1v) is 5.92. The molecular formula is C12H8N6O4. The largest absolute Gasteiger partial charge is 0.454 e. The maximum atomic E-state index is 11.3. The number of nitro benzene ring substituents is 1. The molecule has 1 aromatic carbocycles. The monoisotopic (exact) mass is 300 g/mol. The highest BCUT2D eigenvalue weighted by Gasteiger charge is 2.27. The molecule has 0 unspecified atom stereocenters. The number of nitriles is 1. The first-order chi connectivity index (χ1) is 10.5. The summed E-state index contributed by atoms with van der Waals surface area (Å²) in [6, 6.07) is 4.39. The molecule has 0 saturated heterocycles. The summed E-state index contributed by atoms with van der Waals surface area (Å²) < 4.78 is 10.3. The molecule has 0 bridgehead atoms. The van der Waals surface area contributed by atoms with Crippen LogP contribution in [0.15, 0.2) is 12.1 Å². The van der Waals surface area contributed by atoms with Crippen molar-refractivity contribution < 1.29 is 14.4 Å². The molecule has 0 saturated carbocycles. The lowest BCUT2D eigenvalue weighted by molar-refractivity contribution is -0.384. The Balaban J connectivity index is 2.34. The molecule has 10 nitrogen and oxygen atoms in total. The second-order valence-corrected chi connectivity index (χ2v) is 4.28. The van der Waals surface area contributed by atoms with Crippen molar-refractivity contribution in [1.29, 1.82) is 5.26 Å². The summed E-state index contributed by atoms with van der Waals surface area (Å²) in [5.41, 5.74) is 10.8. The summed E-state index contributed by atoms with van der Waals surface area (Å²) in [7, 11) is 0. The molecule has 4 N–H and O–H groups in total. The first-order valence-electron chi connectivity index (χ1n) is 5.92. The molecule has 22 heavy (non-hydrogen) atoms. The number of hydrogen-bond donors (Lipinski definition) is 2. The third-order valence-electron chi connectivity index (χ3n) is 3.01. The minimum absolute atomic E-state index is 0.0301. The molecule has 0 radical (unpaired) electrons. The second-order valence-electron chi connectivity index (χ2n) is 4.28. The number of nitrogen functional groups attached to an aromatic ring is 2. The number of ether oxygens (including phenoxy) is 2. The smallest absolute Gasteiger partial charge is 0.282 e. The first kappa shape index (κ1) is 13.4. The fraction of sp³-hybridized carbons (Fsp3) is 0.0833. The molecule has 0 amide bonds. The molecule has 0 spiro atoms. The number of rotatable bonds is 2. The van der Waals surface area contributed by atoms with Crippen molar-refractivity contribution in [3.63, 3.8) is 0 Å². The topological polar surface area (TPSA) is 163 Å². The lowest BCUT2D eigenvalue weighted by Gasteiger charge is -2.08. The van der Waals surface area contributed by atoms with Gasteiger partial charge in [0.05, 0.1) is 16.6 Å². The summed E-state index contributed by atoms with van der Waals surface area (Å²) in [6.07, 6.45) is 0. The second kappa shape index (κ2) is 4.74. The summed E-state index contributed by atoms with van der Waals surface area (Å²) in [5.74, 6) is 0.194. The number of benzene rings is 1. The fourth-order valence-corrected chi connectivity index (χ4v) is 2.07. The van der Waals surface area contributed by atoms with Gasteiger partial charge in [-0.05, 0) is 0 Å². The number of aromatic nitrogens is 2. The van der Waals surface area contributed by atoms with Crippen molar-refractivity contribution in [2.75, 3.05) is 18.3 Å². The molecular weight excluding hydrogens is 292 g/mol. The zero-order valence-corrected chi connectivity index (χ0v) is 10.9. The van der Waals surface area contributed by atoms with Gasteiger partial charge < -0.3 is 20.9 Å². The summed E-state index contributed by atoms with van der Waals surface area (Å²) in [4.78, 5) is 18.2. The van der Waals surface area contributed by atoms with Gasteiger partial charge in [0.1, 0.15) is 23.1 Å². The number of nitro groups is 1. The van der Waals surface area contributed by atoms with Crippen LogP contribution < -0.4 is 20.9 Å². The minimum atomic E-state index is -0.618. The van der Waals surface area contributed by atoms with Crippen LogP contribution in [0.3, 0.4) is 0 Å². The number of nitrogens with zero attached hydrogens (tertiary/aromatic N) is 4. The van der Waals surface area contributed by atoms with Gasteiger partial charge in [-0.1, -0.05) is 0 Å². The van der Waals surface area contributed by atoms with Crippen molar-refractivity contribution in [1.82, 2.24) is 9.97 Å². The molecule has 110 valence electrons. The predicted molar refractivity (Wildman–Crippen MR) is 73.8 cm³/mol. The highest BCUT2D eigenvalue weighted by molar-refractivity contribution is 5.81. The lowest BCUT2D eigenvalue weighted by Crippen LogP contribution is -2.06. The Morgan fingerprint density at radius 1 is 1.27 bits per heavy atom. The molecule has 1 aliphatic rings. The van der Waals surface area contributed by atoms with E-state index >= 15 is 0 Å². The predicted octanol–water partition coefficient (Wildman–Crippen LogP) is 0.817. The minimum Gasteiger partial charge on any atom is -0.454 e. The van der Waals surface area contributed by atoms with E-state index in [9.17, 15) is 15.4 Å². The van der Waals surface area contributed by atoms with Gasteiger partial charge in [0, 0.05) is 6.07 Å². The van der Waals surface area contributed by atoms with Crippen LogP contribution in [0.1, 0.15) is 5.56 Å². The zero-order chi connectivity index (χ0) is 15.9. The average Bonchev–Trinajstić information content (AvgIpc) is 2.92. The van der Waals surface area contributed by atoms with E-state index in [1.807, 2.05) is 6.07 Å². The van der Waals surface area contributed by atoms with Gasteiger partial charge >= 0.3 is 0 Å². The van der Waals surface area contributed by atoms with Gasteiger partial charge in [-0.15, -0.1) is 0 Å². The van der Waals surface area contributed by atoms with Crippen LogP contribution in [0.5, 0.6) is 11.5 Å². The van der Waals surface area contributed by atoms with Gasteiger partial charge in [0.25, 0.3) is 5.69 Å². The van der Waals surface area contributed by atoms with E-state index in [2.05, 4.69) is 9.97 Å². The Morgan fingerprint density at radius 3 is 2.59 bits per heavy atom. The van der Waals surface area contributed by atoms with Crippen LogP contribution in [0.25, 0.3) is 11.3 Å². The number of nitrogens with two attached hydrogens (primary N) is 2. The molecule has 1 aromatic heterocycles. The van der Waals surface area contributed by atoms with E-state index in [0.717, 1.165) is 0 Å². The molecule has 10 heteroatoms. The van der Waals surface area contributed by atoms with Gasteiger partial charge in [-0.25, -0.2) is 4.98 Å². The Labute approximate surface area is 123 Å². The van der Waals surface area contributed by atoms with Crippen LogP contribution in [0.4, 0.5) is 17.5 Å². The third-order valence-corrected chi connectivity index (χ3v) is 3.01. The van der Waals surface area contributed by atoms with Gasteiger partial charge in [-0.2, -0.15) is 10.2 Å². The van der Waals surface area contributed by atoms with Crippen molar-refractivity contribution in [3.8, 4) is 28.8 Å². The Morgan fingerprint density at radius 2 is 1.95 bits per heavy atom. The highest BCUT2D eigenvalue weighted by atomic mass is 16.7. The van der Waals surface area contributed by atoms with Crippen LogP contribution in [0, 0.1) is 21.4 Å². The maximum Gasteiger partial charge on any atom is 0.282 e. The van der Waals surface area contributed by atoms with E-state index in [0.29, 0.717) is 5.75 Å². The molecule has 0 fully saturated rings. The summed E-state index contributed by atoms with van der Waals surface area (Å²) >= 11 is 0. The van der Waals surface area contributed by atoms with Crippen LogP contribution >= 0.6 is 0 Å². The Kier molecular flexibility index (Phi) is 2.88. The molecule has 1 aliphatic heterocycles. The summed E-state index contributed by atoms with van der Waals surface area (Å²) in [6.45, 7) is -0.0465. The number of hydrogen-bond acceptors (Lipinski definition) is 9. The standard InChI is InChI=1S/C12H8N6O4/c13-3-6-10(16-12(15)17-11(6)14)5-1-8-9(22-4-21-8)2-7(5)18(19)20/h1-2H,4H2,(H4,14,15,16,17). The Hall–Kier alpha value is -3.61. The molecule has 0 atom stereocenters. The van der Waals surface area contributed by atoms with Crippen LogP contribution in [-0.2, 0) is 0 Å². The number of anilines is 2. The lowest BCUT2D eigenvalue weighted by atomic mass is 10.0. The highest BCUT2D eigenvalue weighted by Crippen LogP contribution is 2.43. The van der Waals surface area contributed by atoms with Crippen molar-refractivity contribution in [2.45, 2.75) is 0 Å². The average molecular weight is 300 g/mol. The van der Waals surface area contributed by atoms with Crippen LogP contribution in [0.2, 0.25) is 0 Å². The van der Waals surface area contributed by atoms with Crippen molar-refractivity contribution in [3.05, 3.63) is 27.8 Å². The van der Waals surface area contributed by atoms with Crippen molar-refractivity contribution >= 4 is 17.5 Å². The number of fused-ring (bicyclic) bond motifs is 1. The SMILES string of the molecule is N#Cc1c(N)nc(N)nc1-c1cc2c(cc1[N+](=O)[O-])OCO2. The van der Waals surface area contributed by atoms with E-state index in [1.165, 1.54) is 12.1 Å². The molecule has 2 aromatic rings. The summed E-state index contributed by atoms with van der Waals surface area (Å²) in [5, 5.41) is 20.5. The molecule has 2 heterocycles. The van der Waals surface area contributed by atoms with Crippen molar-refractivity contribution in [2.24, 2.45) is 0 Å².